The van der Waals surface area contributed by atoms with Crippen molar-refractivity contribution in [1.82, 2.24) is 9.88 Å². The Labute approximate surface area is 143 Å². The molecular formula is C16H17ClN2O3S. The molecule has 0 aliphatic heterocycles. The van der Waals surface area contributed by atoms with Gasteiger partial charge < -0.3 is 10.0 Å². The summed E-state index contributed by atoms with van der Waals surface area (Å²) in [6.45, 7) is 3.50. The van der Waals surface area contributed by atoms with E-state index in [9.17, 15) is 9.59 Å². The normalized spacial score (nSPS) is 12.0. The number of carboxylic acid groups (broad SMARTS) is 1. The van der Waals surface area contributed by atoms with Crippen molar-refractivity contribution in [1.29, 1.82) is 0 Å². The summed E-state index contributed by atoms with van der Waals surface area (Å²) in [4.78, 5) is 29.8. The molecule has 0 aliphatic rings. The molecule has 7 heteroatoms. The molecule has 1 N–H and O–H groups in total. The van der Waals surface area contributed by atoms with Crippen LogP contribution in [0, 0.1) is 12.8 Å². The van der Waals surface area contributed by atoms with Crippen LogP contribution < -0.4 is 0 Å². The van der Waals surface area contributed by atoms with Crippen LogP contribution in [0.1, 0.15) is 22.3 Å². The lowest BCUT2D eigenvalue weighted by Crippen LogP contribution is -2.33. The number of rotatable bonds is 5. The minimum Gasteiger partial charge on any atom is -0.481 e. The van der Waals surface area contributed by atoms with E-state index >= 15 is 0 Å². The van der Waals surface area contributed by atoms with Crippen molar-refractivity contribution in [2.24, 2.45) is 5.92 Å². The third-order valence-electron chi connectivity index (χ3n) is 3.40. The van der Waals surface area contributed by atoms with Crippen LogP contribution in [0.4, 0.5) is 0 Å². The molecule has 1 amide bonds. The van der Waals surface area contributed by atoms with Gasteiger partial charge in [-0.3, -0.25) is 9.59 Å². The Hall–Kier alpha value is -1.92. The van der Waals surface area contributed by atoms with E-state index in [0.29, 0.717) is 15.6 Å². The summed E-state index contributed by atoms with van der Waals surface area (Å²) < 4.78 is 0. The number of aliphatic carboxylic acids is 1. The Morgan fingerprint density at radius 1 is 1.35 bits per heavy atom. The van der Waals surface area contributed by atoms with Gasteiger partial charge in [-0.25, -0.2) is 4.98 Å². The summed E-state index contributed by atoms with van der Waals surface area (Å²) in [6.07, 6.45) is 0. The molecule has 0 aliphatic carbocycles. The molecule has 0 bridgehead atoms. The van der Waals surface area contributed by atoms with E-state index in [1.807, 2.05) is 12.1 Å². The molecule has 1 aromatic heterocycles. The summed E-state index contributed by atoms with van der Waals surface area (Å²) in [6, 6.07) is 7.25. The van der Waals surface area contributed by atoms with Crippen molar-refractivity contribution in [3.8, 4) is 10.6 Å². The van der Waals surface area contributed by atoms with Crippen LogP contribution in [0.15, 0.2) is 24.3 Å². The number of carbonyl (C=O) groups excluding carboxylic acids is 1. The zero-order chi connectivity index (χ0) is 17.1. The number of carboxylic acids is 1. The molecule has 23 heavy (non-hydrogen) atoms. The summed E-state index contributed by atoms with van der Waals surface area (Å²) in [5.41, 5.74) is 1.53. The molecule has 0 radical (unpaired) electrons. The maximum Gasteiger partial charge on any atom is 0.308 e. The lowest BCUT2D eigenvalue weighted by Gasteiger charge is -2.18. The molecule has 5 nitrogen and oxygen atoms in total. The van der Waals surface area contributed by atoms with E-state index in [2.05, 4.69) is 4.98 Å². The molecule has 1 atom stereocenters. The van der Waals surface area contributed by atoms with Gasteiger partial charge in [-0.2, -0.15) is 0 Å². The van der Waals surface area contributed by atoms with Gasteiger partial charge in [-0.1, -0.05) is 30.7 Å². The minimum atomic E-state index is -0.924. The predicted molar refractivity (Wildman–Crippen MR) is 91.1 cm³/mol. The molecule has 0 spiro atoms. The lowest BCUT2D eigenvalue weighted by atomic mass is 10.2. The molecule has 1 heterocycles. The van der Waals surface area contributed by atoms with E-state index in [0.717, 1.165) is 10.6 Å². The molecule has 0 fully saturated rings. The Morgan fingerprint density at radius 3 is 2.52 bits per heavy atom. The Balaban J connectivity index is 2.21. The van der Waals surface area contributed by atoms with Gasteiger partial charge in [0.05, 0.1) is 11.6 Å². The van der Waals surface area contributed by atoms with Crippen molar-refractivity contribution in [3.63, 3.8) is 0 Å². The van der Waals surface area contributed by atoms with Crippen molar-refractivity contribution in [2.45, 2.75) is 13.8 Å². The van der Waals surface area contributed by atoms with Crippen LogP contribution in [-0.4, -0.2) is 40.5 Å². The zero-order valence-electron chi connectivity index (χ0n) is 13.0. The van der Waals surface area contributed by atoms with Gasteiger partial charge in [-0.05, 0) is 19.1 Å². The van der Waals surface area contributed by atoms with Crippen molar-refractivity contribution < 1.29 is 14.7 Å². The van der Waals surface area contributed by atoms with E-state index in [1.54, 1.807) is 33.0 Å². The SMILES string of the molecule is Cc1nc(-c2ccc(Cl)cc2)sc1C(=O)N(C)CC(C)C(=O)O. The molecule has 2 aromatic rings. The first-order valence-electron chi connectivity index (χ1n) is 7.01. The van der Waals surface area contributed by atoms with Crippen molar-refractivity contribution in [2.75, 3.05) is 13.6 Å². The number of thiazole rings is 1. The van der Waals surface area contributed by atoms with E-state index in [-0.39, 0.29) is 12.5 Å². The molecule has 122 valence electrons. The van der Waals surface area contributed by atoms with Crippen molar-refractivity contribution >= 4 is 34.8 Å². The maximum absolute atomic E-state index is 12.5. The number of amides is 1. The van der Waals surface area contributed by atoms with Gasteiger partial charge in [0.1, 0.15) is 9.88 Å². The first-order valence-corrected chi connectivity index (χ1v) is 8.20. The van der Waals surface area contributed by atoms with E-state index < -0.39 is 11.9 Å². The highest BCUT2D eigenvalue weighted by Crippen LogP contribution is 2.29. The topological polar surface area (TPSA) is 70.5 Å². The smallest absolute Gasteiger partial charge is 0.308 e. The second-order valence-corrected chi connectivity index (χ2v) is 6.80. The van der Waals surface area contributed by atoms with Gasteiger partial charge >= 0.3 is 5.97 Å². The number of halogens is 1. The number of nitrogens with zero attached hydrogens (tertiary/aromatic N) is 2. The van der Waals surface area contributed by atoms with Crippen LogP contribution in [0.3, 0.4) is 0 Å². The molecule has 2 rings (SSSR count). The Bertz CT molecular complexity index is 727. The average Bonchev–Trinajstić information content (AvgIpc) is 2.88. The van der Waals surface area contributed by atoms with E-state index in [1.165, 1.54) is 16.2 Å². The predicted octanol–water partition coefficient (Wildman–Crippen LogP) is 3.56. The number of hydrogen-bond donors (Lipinski definition) is 1. The molecule has 1 unspecified atom stereocenters. The first kappa shape index (κ1) is 17.4. The summed E-state index contributed by atoms with van der Waals surface area (Å²) >= 11 is 7.17. The molecular weight excluding hydrogens is 336 g/mol. The number of hydrogen-bond acceptors (Lipinski definition) is 4. The Kier molecular flexibility index (Phi) is 5.38. The highest BCUT2D eigenvalue weighted by molar-refractivity contribution is 7.17. The quantitative estimate of drug-likeness (QED) is 0.893. The summed E-state index contributed by atoms with van der Waals surface area (Å²) in [7, 11) is 1.60. The number of aromatic nitrogens is 1. The number of aryl methyl sites for hydroxylation is 1. The third kappa shape index (κ3) is 4.09. The van der Waals surface area contributed by atoms with Crippen LogP contribution in [0.25, 0.3) is 10.6 Å². The third-order valence-corrected chi connectivity index (χ3v) is 4.84. The second-order valence-electron chi connectivity index (χ2n) is 5.37. The Morgan fingerprint density at radius 2 is 1.96 bits per heavy atom. The van der Waals surface area contributed by atoms with Crippen molar-refractivity contribution in [3.05, 3.63) is 39.9 Å². The number of benzene rings is 1. The average molecular weight is 353 g/mol. The zero-order valence-corrected chi connectivity index (χ0v) is 14.6. The lowest BCUT2D eigenvalue weighted by molar-refractivity contribution is -0.141. The molecule has 0 saturated carbocycles. The fraction of sp³-hybridized carbons (Fsp3) is 0.312. The van der Waals surface area contributed by atoms with Gasteiger partial charge in [-0.15, -0.1) is 11.3 Å². The molecule has 1 aromatic carbocycles. The number of carbonyl (C=O) groups is 2. The standard InChI is InChI=1S/C16H17ClN2O3S/c1-9(16(21)22)8-19(3)15(20)13-10(2)18-14(23-13)11-4-6-12(17)7-5-11/h4-7,9H,8H2,1-3H3,(H,21,22). The highest BCUT2D eigenvalue weighted by atomic mass is 35.5. The highest BCUT2D eigenvalue weighted by Gasteiger charge is 2.22. The van der Waals surface area contributed by atoms with Gasteiger partial charge in [0.2, 0.25) is 0 Å². The fourth-order valence-corrected chi connectivity index (χ4v) is 3.25. The van der Waals surface area contributed by atoms with Gasteiger partial charge in [0, 0.05) is 24.2 Å². The van der Waals surface area contributed by atoms with Gasteiger partial charge in [0.15, 0.2) is 0 Å². The second kappa shape index (κ2) is 7.10. The first-order chi connectivity index (χ1) is 10.8. The van der Waals surface area contributed by atoms with Gasteiger partial charge in [0.25, 0.3) is 5.91 Å². The van der Waals surface area contributed by atoms with Crippen LogP contribution in [-0.2, 0) is 4.79 Å². The minimum absolute atomic E-state index is 0.155. The summed E-state index contributed by atoms with van der Waals surface area (Å²) in [5.74, 6) is -1.76. The fourth-order valence-electron chi connectivity index (χ4n) is 2.06. The van der Waals surface area contributed by atoms with Crippen LogP contribution >= 0.6 is 22.9 Å². The summed E-state index contributed by atoms with van der Waals surface area (Å²) in [5, 5.41) is 10.3. The van der Waals surface area contributed by atoms with Crippen LogP contribution in [0.2, 0.25) is 5.02 Å². The largest absolute Gasteiger partial charge is 0.481 e. The van der Waals surface area contributed by atoms with E-state index in [4.69, 9.17) is 16.7 Å². The monoisotopic (exact) mass is 352 g/mol. The maximum atomic E-state index is 12.5. The van der Waals surface area contributed by atoms with Crippen LogP contribution in [0.5, 0.6) is 0 Å². The molecule has 0 saturated heterocycles.